The highest BCUT2D eigenvalue weighted by Crippen LogP contribution is 2.28. The van der Waals surface area contributed by atoms with Gasteiger partial charge >= 0.3 is 6.36 Å². The van der Waals surface area contributed by atoms with Crippen LogP contribution in [-0.4, -0.2) is 11.3 Å². The zero-order valence-electron chi connectivity index (χ0n) is 9.78. The molecule has 0 N–H and O–H groups in total. The maximum Gasteiger partial charge on any atom is 0.573 e. The summed E-state index contributed by atoms with van der Waals surface area (Å²) in [5.74, 6) is -0.365. The van der Waals surface area contributed by atoms with Crippen LogP contribution in [0.4, 0.5) is 13.2 Å². The lowest BCUT2D eigenvalue weighted by molar-refractivity contribution is -0.274. The molecule has 1 aromatic carbocycles. The van der Waals surface area contributed by atoms with Crippen molar-refractivity contribution in [2.75, 3.05) is 0 Å². The van der Waals surface area contributed by atoms with Crippen molar-refractivity contribution in [2.24, 2.45) is 0 Å². The van der Waals surface area contributed by atoms with E-state index in [1.54, 1.807) is 6.07 Å². The first-order chi connectivity index (χ1) is 9.37. The topological polar surface area (TPSA) is 45.9 Å². The number of hydrogen-bond acceptors (Lipinski definition) is 3. The Labute approximate surface area is 117 Å². The molecule has 1 heterocycles. The normalized spacial score (nSPS) is 10.9. The van der Waals surface area contributed by atoms with Crippen LogP contribution in [0.3, 0.4) is 0 Å². The van der Waals surface area contributed by atoms with Gasteiger partial charge in [0, 0.05) is 10.6 Å². The van der Waals surface area contributed by atoms with Crippen LogP contribution in [0.5, 0.6) is 5.75 Å². The van der Waals surface area contributed by atoms with Gasteiger partial charge in [-0.15, -0.1) is 13.2 Å². The first kappa shape index (κ1) is 14.2. The van der Waals surface area contributed by atoms with Crippen LogP contribution in [0.1, 0.15) is 5.69 Å². The molecule has 0 spiro atoms. The average molecular weight is 299 g/mol. The van der Waals surface area contributed by atoms with E-state index < -0.39 is 6.36 Å². The van der Waals surface area contributed by atoms with E-state index in [0.29, 0.717) is 11.3 Å². The van der Waals surface area contributed by atoms with Crippen molar-refractivity contribution in [3.63, 3.8) is 0 Å². The van der Waals surface area contributed by atoms with Gasteiger partial charge in [-0.1, -0.05) is 23.7 Å². The summed E-state index contributed by atoms with van der Waals surface area (Å²) < 4.78 is 40.3. The number of benzene rings is 1. The minimum absolute atomic E-state index is 0.0784. The minimum atomic E-state index is -4.77. The number of halogens is 4. The summed E-state index contributed by atoms with van der Waals surface area (Å²) in [6.07, 6.45) is -4.77. The second kappa shape index (κ2) is 5.39. The molecule has 1 aromatic heterocycles. The number of pyridine rings is 1. The van der Waals surface area contributed by atoms with Gasteiger partial charge < -0.3 is 4.74 Å². The average Bonchev–Trinajstić information content (AvgIpc) is 2.36. The molecule has 0 aliphatic carbocycles. The fraction of sp³-hybridized carbons (Fsp3) is 0.0769. The van der Waals surface area contributed by atoms with Crippen molar-refractivity contribution in [2.45, 2.75) is 6.36 Å². The summed E-state index contributed by atoms with van der Waals surface area (Å²) in [5, 5.41) is 9.07. The lowest BCUT2D eigenvalue weighted by Crippen LogP contribution is -2.17. The van der Waals surface area contributed by atoms with Crippen molar-refractivity contribution >= 4 is 11.6 Å². The van der Waals surface area contributed by atoms with Crippen LogP contribution in [0, 0.1) is 11.3 Å². The Morgan fingerprint density at radius 1 is 1.20 bits per heavy atom. The van der Waals surface area contributed by atoms with Gasteiger partial charge in [0.25, 0.3) is 0 Å². The maximum absolute atomic E-state index is 12.2. The predicted octanol–water partition coefficient (Wildman–Crippen LogP) is 4.17. The highest BCUT2D eigenvalue weighted by molar-refractivity contribution is 6.30. The Bertz CT molecular complexity index is 680. The molecule has 102 valence electrons. The third-order valence-electron chi connectivity index (χ3n) is 2.27. The lowest BCUT2D eigenvalue weighted by atomic mass is 10.1. The quantitative estimate of drug-likeness (QED) is 0.836. The summed E-state index contributed by atoms with van der Waals surface area (Å²) in [6, 6.07) is 9.93. The largest absolute Gasteiger partial charge is 0.573 e. The molecule has 3 nitrogen and oxygen atoms in total. The zero-order chi connectivity index (χ0) is 14.8. The van der Waals surface area contributed by atoms with E-state index in [9.17, 15) is 13.2 Å². The Morgan fingerprint density at radius 3 is 2.60 bits per heavy atom. The van der Waals surface area contributed by atoms with E-state index in [-0.39, 0.29) is 16.5 Å². The number of alkyl halides is 3. The Morgan fingerprint density at radius 2 is 1.95 bits per heavy atom. The van der Waals surface area contributed by atoms with Crippen LogP contribution >= 0.6 is 11.6 Å². The van der Waals surface area contributed by atoms with Crippen molar-refractivity contribution in [1.29, 1.82) is 5.26 Å². The monoisotopic (exact) mass is 298 g/mol. The van der Waals surface area contributed by atoms with Gasteiger partial charge in [0.05, 0.1) is 5.69 Å². The van der Waals surface area contributed by atoms with E-state index in [1.807, 2.05) is 6.07 Å². The van der Waals surface area contributed by atoms with Crippen LogP contribution in [-0.2, 0) is 0 Å². The molecular weight excluding hydrogens is 293 g/mol. The van der Waals surface area contributed by atoms with Crippen molar-refractivity contribution < 1.29 is 17.9 Å². The highest BCUT2D eigenvalue weighted by Gasteiger charge is 2.31. The number of nitrogens with zero attached hydrogens (tertiary/aromatic N) is 2. The van der Waals surface area contributed by atoms with E-state index >= 15 is 0 Å². The predicted molar refractivity (Wildman–Crippen MR) is 66.1 cm³/mol. The minimum Gasteiger partial charge on any atom is -0.406 e. The molecule has 0 radical (unpaired) electrons. The summed E-state index contributed by atoms with van der Waals surface area (Å²) in [5.41, 5.74) is 0.738. The van der Waals surface area contributed by atoms with E-state index in [2.05, 4.69) is 9.72 Å². The molecule has 2 aromatic rings. The molecule has 0 bridgehead atoms. The summed E-state index contributed by atoms with van der Waals surface area (Å²) in [6.45, 7) is 0. The molecule has 0 aliphatic rings. The van der Waals surface area contributed by atoms with Crippen molar-refractivity contribution in [3.05, 3.63) is 47.1 Å². The molecule has 0 saturated carbocycles. The van der Waals surface area contributed by atoms with Gasteiger partial charge in [-0.2, -0.15) is 5.26 Å². The second-order valence-electron chi connectivity index (χ2n) is 3.74. The Balaban J connectivity index is 2.41. The lowest BCUT2D eigenvalue weighted by Gasteiger charge is -2.10. The van der Waals surface area contributed by atoms with Gasteiger partial charge in [0.15, 0.2) is 0 Å². The SMILES string of the molecule is N#Cc1cc(Cl)cc(-c2cccc(OC(F)(F)F)c2)n1. The molecule has 0 atom stereocenters. The smallest absolute Gasteiger partial charge is 0.406 e. The molecule has 20 heavy (non-hydrogen) atoms. The third kappa shape index (κ3) is 3.62. The second-order valence-corrected chi connectivity index (χ2v) is 4.18. The Kier molecular flexibility index (Phi) is 3.81. The van der Waals surface area contributed by atoms with Gasteiger partial charge in [-0.3, -0.25) is 0 Å². The number of nitriles is 1. The molecular formula is C13H6ClF3N2O. The molecule has 0 amide bonds. The number of hydrogen-bond donors (Lipinski definition) is 0. The van der Waals surface area contributed by atoms with Gasteiger partial charge in [0.1, 0.15) is 17.5 Å². The molecule has 7 heteroatoms. The molecule has 0 unspecified atom stereocenters. The number of aromatic nitrogens is 1. The Hall–Kier alpha value is -2.26. The van der Waals surface area contributed by atoms with Crippen LogP contribution in [0.2, 0.25) is 5.02 Å². The van der Waals surface area contributed by atoms with E-state index in [4.69, 9.17) is 16.9 Å². The highest BCUT2D eigenvalue weighted by atomic mass is 35.5. The fourth-order valence-electron chi connectivity index (χ4n) is 1.55. The third-order valence-corrected chi connectivity index (χ3v) is 2.49. The van der Waals surface area contributed by atoms with E-state index in [0.717, 1.165) is 0 Å². The number of ether oxygens (including phenoxy) is 1. The summed E-state index contributed by atoms with van der Waals surface area (Å²) in [4.78, 5) is 3.98. The molecule has 2 rings (SSSR count). The van der Waals surface area contributed by atoms with Gasteiger partial charge in [0.2, 0.25) is 0 Å². The van der Waals surface area contributed by atoms with Crippen molar-refractivity contribution in [3.8, 4) is 23.1 Å². The van der Waals surface area contributed by atoms with E-state index in [1.165, 1.54) is 30.3 Å². The maximum atomic E-state index is 12.2. The fourth-order valence-corrected chi connectivity index (χ4v) is 1.76. The summed E-state index contributed by atoms with van der Waals surface area (Å²) >= 11 is 5.82. The van der Waals surface area contributed by atoms with Crippen LogP contribution < -0.4 is 4.74 Å². The number of rotatable bonds is 2. The molecule has 0 aliphatic heterocycles. The van der Waals surface area contributed by atoms with Crippen LogP contribution in [0.15, 0.2) is 36.4 Å². The first-order valence-corrected chi connectivity index (χ1v) is 5.69. The van der Waals surface area contributed by atoms with Crippen LogP contribution in [0.25, 0.3) is 11.3 Å². The van der Waals surface area contributed by atoms with Gasteiger partial charge in [-0.25, -0.2) is 4.98 Å². The van der Waals surface area contributed by atoms with Crippen molar-refractivity contribution in [1.82, 2.24) is 4.98 Å². The first-order valence-electron chi connectivity index (χ1n) is 5.31. The standard InChI is InChI=1S/C13H6ClF3N2O/c14-9-5-10(7-18)19-12(6-9)8-2-1-3-11(4-8)20-13(15,16)17/h1-6H. The molecule has 0 saturated heterocycles. The zero-order valence-corrected chi connectivity index (χ0v) is 10.5. The van der Waals surface area contributed by atoms with Gasteiger partial charge in [-0.05, 0) is 24.3 Å². The summed E-state index contributed by atoms with van der Waals surface area (Å²) in [7, 11) is 0. The molecule has 0 fully saturated rings.